The third-order valence-electron chi connectivity index (χ3n) is 3.94. The normalized spacial score (nSPS) is 10.8. The van der Waals surface area contributed by atoms with Gasteiger partial charge in [-0.2, -0.15) is 5.10 Å². The average Bonchev–Trinajstić information content (AvgIpc) is 3.08. The molecular weight excluding hydrogens is 362 g/mol. The minimum absolute atomic E-state index is 0.600. The lowest BCUT2D eigenvalue weighted by molar-refractivity contribution is 0.349. The van der Waals surface area contributed by atoms with E-state index >= 15 is 0 Å². The van der Waals surface area contributed by atoms with Crippen LogP contribution in [0.2, 0.25) is 0 Å². The Hall–Kier alpha value is -3.06. The molecule has 1 N–H and O–H groups in total. The molecule has 2 aromatic carbocycles. The van der Waals surface area contributed by atoms with Crippen LogP contribution in [0.4, 0.5) is 5.13 Å². The van der Waals surface area contributed by atoms with Crippen molar-refractivity contribution < 1.29 is 14.2 Å². The molecule has 0 radical (unpaired) electrons. The van der Waals surface area contributed by atoms with Crippen molar-refractivity contribution in [3.63, 3.8) is 0 Å². The van der Waals surface area contributed by atoms with Crippen LogP contribution in [0.5, 0.6) is 17.2 Å². The SMILES string of the molecule is COc1cc(OC)c(OC)cc1/C=N/Nc1nc(-c2ccccc2)c(C)s1. The number of hydrazone groups is 1. The third-order valence-corrected chi connectivity index (χ3v) is 4.82. The number of thiazole rings is 1. The monoisotopic (exact) mass is 383 g/mol. The molecule has 0 fully saturated rings. The fourth-order valence-electron chi connectivity index (χ4n) is 2.62. The quantitative estimate of drug-likeness (QED) is 0.477. The molecule has 27 heavy (non-hydrogen) atoms. The first kappa shape index (κ1) is 18.7. The van der Waals surface area contributed by atoms with Crippen LogP contribution in [0.1, 0.15) is 10.4 Å². The average molecular weight is 383 g/mol. The second-order valence-electron chi connectivity index (χ2n) is 5.61. The smallest absolute Gasteiger partial charge is 0.204 e. The van der Waals surface area contributed by atoms with E-state index in [4.69, 9.17) is 14.2 Å². The van der Waals surface area contributed by atoms with E-state index in [2.05, 4.69) is 15.5 Å². The highest BCUT2D eigenvalue weighted by Gasteiger charge is 2.11. The van der Waals surface area contributed by atoms with Crippen molar-refractivity contribution in [2.75, 3.05) is 26.8 Å². The van der Waals surface area contributed by atoms with E-state index in [9.17, 15) is 0 Å². The maximum absolute atomic E-state index is 5.40. The number of nitrogens with zero attached hydrogens (tertiary/aromatic N) is 2. The Balaban J connectivity index is 1.80. The topological polar surface area (TPSA) is 65.0 Å². The van der Waals surface area contributed by atoms with E-state index < -0.39 is 0 Å². The van der Waals surface area contributed by atoms with Crippen molar-refractivity contribution in [3.05, 3.63) is 52.9 Å². The number of aryl methyl sites for hydroxylation is 1. The Labute approximate surface area is 162 Å². The molecule has 1 aromatic heterocycles. The van der Waals surface area contributed by atoms with E-state index in [1.807, 2.05) is 43.3 Å². The minimum Gasteiger partial charge on any atom is -0.496 e. The van der Waals surface area contributed by atoms with Crippen LogP contribution < -0.4 is 19.6 Å². The summed E-state index contributed by atoms with van der Waals surface area (Å²) in [6.07, 6.45) is 1.67. The lowest BCUT2D eigenvalue weighted by Gasteiger charge is -2.11. The summed E-state index contributed by atoms with van der Waals surface area (Å²) in [5.74, 6) is 1.84. The lowest BCUT2D eigenvalue weighted by Crippen LogP contribution is -1.98. The van der Waals surface area contributed by atoms with Gasteiger partial charge in [-0.25, -0.2) is 4.98 Å². The lowest BCUT2D eigenvalue weighted by atomic mass is 10.1. The van der Waals surface area contributed by atoms with E-state index in [0.29, 0.717) is 17.2 Å². The van der Waals surface area contributed by atoms with Gasteiger partial charge < -0.3 is 14.2 Å². The van der Waals surface area contributed by atoms with Gasteiger partial charge in [0.1, 0.15) is 5.75 Å². The second kappa shape index (κ2) is 8.55. The molecule has 3 aromatic rings. The molecule has 0 bridgehead atoms. The van der Waals surface area contributed by atoms with E-state index in [-0.39, 0.29) is 0 Å². The summed E-state index contributed by atoms with van der Waals surface area (Å²) in [4.78, 5) is 5.76. The van der Waals surface area contributed by atoms with Crippen molar-refractivity contribution in [1.82, 2.24) is 4.98 Å². The predicted molar refractivity (Wildman–Crippen MR) is 110 cm³/mol. The third kappa shape index (κ3) is 4.20. The van der Waals surface area contributed by atoms with Gasteiger partial charge >= 0.3 is 0 Å². The van der Waals surface area contributed by atoms with Crippen LogP contribution in [0, 0.1) is 6.92 Å². The summed E-state index contributed by atoms with van der Waals surface area (Å²) in [6, 6.07) is 13.7. The van der Waals surface area contributed by atoms with Gasteiger partial charge in [0.05, 0.1) is 33.2 Å². The zero-order valence-electron chi connectivity index (χ0n) is 15.6. The van der Waals surface area contributed by atoms with Crippen LogP contribution in [0.25, 0.3) is 11.3 Å². The first-order chi connectivity index (χ1) is 13.2. The van der Waals surface area contributed by atoms with E-state index in [1.54, 1.807) is 44.9 Å². The Bertz CT molecular complexity index is 939. The van der Waals surface area contributed by atoms with Crippen molar-refractivity contribution in [1.29, 1.82) is 0 Å². The number of hydrogen-bond donors (Lipinski definition) is 1. The number of anilines is 1. The molecule has 0 aliphatic carbocycles. The van der Waals surface area contributed by atoms with Crippen LogP contribution in [-0.4, -0.2) is 32.5 Å². The van der Waals surface area contributed by atoms with Crippen LogP contribution >= 0.6 is 11.3 Å². The zero-order chi connectivity index (χ0) is 19.2. The van der Waals surface area contributed by atoms with Crippen molar-refractivity contribution >= 4 is 22.7 Å². The summed E-state index contributed by atoms with van der Waals surface area (Å²) >= 11 is 1.56. The maximum atomic E-state index is 5.40. The number of benzene rings is 2. The van der Waals surface area contributed by atoms with E-state index in [0.717, 1.165) is 26.8 Å². The summed E-state index contributed by atoms with van der Waals surface area (Å²) in [5, 5.41) is 5.02. The van der Waals surface area contributed by atoms with Crippen LogP contribution in [-0.2, 0) is 0 Å². The first-order valence-corrected chi connectivity index (χ1v) is 9.09. The van der Waals surface area contributed by atoms with Gasteiger partial charge in [0.15, 0.2) is 11.5 Å². The Morgan fingerprint density at radius 1 is 0.963 bits per heavy atom. The summed E-state index contributed by atoms with van der Waals surface area (Å²) in [7, 11) is 4.77. The molecule has 0 saturated heterocycles. The summed E-state index contributed by atoms with van der Waals surface area (Å²) in [6.45, 7) is 2.05. The second-order valence-corrected chi connectivity index (χ2v) is 6.81. The largest absolute Gasteiger partial charge is 0.496 e. The number of hydrogen-bond acceptors (Lipinski definition) is 7. The first-order valence-electron chi connectivity index (χ1n) is 8.28. The minimum atomic E-state index is 0.600. The molecule has 140 valence electrons. The molecule has 3 rings (SSSR count). The molecule has 0 amide bonds. The highest BCUT2D eigenvalue weighted by Crippen LogP contribution is 2.34. The zero-order valence-corrected chi connectivity index (χ0v) is 16.5. The molecule has 0 unspecified atom stereocenters. The standard InChI is InChI=1S/C20H21N3O3S/c1-13-19(14-8-6-5-7-9-14)22-20(27-13)23-21-12-15-10-17(25-3)18(26-4)11-16(15)24-2/h5-12H,1-4H3,(H,22,23)/b21-12+. The van der Waals surface area contributed by atoms with E-state index in [1.165, 1.54) is 0 Å². The van der Waals surface area contributed by atoms with Gasteiger partial charge in [0, 0.05) is 22.1 Å². The molecular formula is C20H21N3O3S. The Morgan fingerprint density at radius 3 is 2.30 bits per heavy atom. The summed E-state index contributed by atoms with van der Waals surface area (Å²) < 4.78 is 16.0. The van der Waals surface area contributed by atoms with Gasteiger partial charge in [-0.3, -0.25) is 5.43 Å². The molecule has 7 heteroatoms. The van der Waals surface area contributed by atoms with Crippen LogP contribution in [0.15, 0.2) is 47.6 Å². The van der Waals surface area contributed by atoms with Gasteiger partial charge in [0.25, 0.3) is 0 Å². The van der Waals surface area contributed by atoms with Gasteiger partial charge in [0.2, 0.25) is 5.13 Å². The van der Waals surface area contributed by atoms with Gasteiger partial charge in [-0.05, 0) is 13.0 Å². The molecule has 1 heterocycles. The molecule has 0 aliphatic heterocycles. The number of methoxy groups -OCH3 is 3. The maximum Gasteiger partial charge on any atom is 0.204 e. The van der Waals surface area contributed by atoms with Crippen molar-refractivity contribution in [2.24, 2.45) is 5.10 Å². The molecule has 0 aliphatic rings. The van der Waals surface area contributed by atoms with Gasteiger partial charge in [-0.15, -0.1) is 11.3 Å². The summed E-state index contributed by atoms with van der Waals surface area (Å²) in [5.41, 5.74) is 5.80. The molecule has 0 saturated carbocycles. The fourth-order valence-corrected chi connectivity index (χ4v) is 3.40. The molecule has 0 spiro atoms. The van der Waals surface area contributed by atoms with Gasteiger partial charge in [-0.1, -0.05) is 30.3 Å². The number of rotatable bonds is 7. The number of nitrogens with one attached hydrogen (secondary N) is 1. The fraction of sp³-hybridized carbons (Fsp3) is 0.200. The van der Waals surface area contributed by atoms with Crippen molar-refractivity contribution in [3.8, 4) is 28.5 Å². The molecule has 6 nitrogen and oxygen atoms in total. The molecule has 0 atom stereocenters. The van der Waals surface area contributed by atoms with Crippen molar-refractivity contribution in [2.45, 2.75) is 6.92 Å². The predicted octanol–water partition coefficient (Wildman–Crippen LogP) is 4.59. The Kier molecular flexibility index (Phi) is 5.93. The highest BCUT2D eigenvalue weighted by molar-refractivity contribution is 7.15. The number of aromatic nitrogens is 1. The van der Waals surface area contributed by atoms with Crippen LogP contribution in [0.3, 0.4) is 0 Å². The highest BCUT2D eigenvalue weighted by atomic mass is 32.1. The Morgan fingerprint density at radius 2 is 1.63 bits per heavy atom. The number of ether oxygens (including phenoxy) is 3.